The molecule has 3 rings (SSSR count). The third kappa shape index (κ3) is 2.36. The molecule has 3 aromatic rings. The minimum Gasteiger partial charge on any atom is -0.344 e. The summed E-state index contributed by atoms with van der Waals surface area (Å²) in [5, 5.41) is 1.13. The Morgan fingerprint density at radius 1 is 1.05 bits per heavy atom. The van der Waals surface area contributed by atoms with E-state index < -0.39 is 0 Å². The highest BCUT2D eigenvalue weighted by Gasteiger charge is 2.14. The molecular weight excluding hydrogens is 258 g/mol. The summed E-state index contributed by atoms with van der Waals surface area (Å²) in [6.45, 7) is 2.60. The fraction of sp³-hybridized carbons (Fsp3) is 0.167. The summed E-state index contributed by atoms with van der Waals surface area (Å²) in [6, 6.07) is 16.6. The monoisotopic (exact) mass is 277 g/mol. The van der Waals surface area contributed by atoms with Gasteiger partial charge in [-0.1, -0.05) is 36.4 Å². The molecule has 0 atom stereocenters. The van der Waals surface area contributed by atoms with Crippen molar-refractivity contribution in [1.82, 2.24) is 4.98 Å². The maximum Gasteiger partial charge on any atom is 0.0723 e. The molecule has 3 nitrogen and oxygen atoms in total. The van der Waals surface area contributed by atoms with Gasteiger partial charge in [0.1, 0.15) is 0 Å². The number of anilines is 2. The zero-order chi connectivity index (χ0) is 14.8. The van der Waals surface area contributed by atoms with Gasteiger partial charge in [-0.3, -0.25) is 4.98 Å². The van der Waals surface area contributed by atoms with E-state index in [9.17, 15) is 0 Å². The second-order valence-electron chi connectivity index (χ2n) is 5.20. The minimum absolute atomic E-state index is 0.476. The second-order valence-corrected chi connectivity index (χ2v) is 5.20. The Balaban J connectivity index is 2.25. The van der Waals surface area contributed by atoms with E-state index in [1.54, 1.807) is 0 Å². The highest BCUT2D eigenvalue weighted by Crippen LogP contribution is 2.34. The lowest BCUT2D eigenvalue weighted by Gasteiger charge is -2.25. The SMILES string of the molecule is Cc1ccccc1N(C)c1c(CN)cnc2ccccc12. The summed E-state index contributed by atoms with van der Waals surface area (Å²) in [4.78, 5) is 6.71. The zero-order valence-electron chi connectivity index (χ0n) is 12.4. The third-order valence-corrected chi connectivity index (χ3v) is 3.85. The number of hydrogen-bond acceptors (Lipinski definition) is 3. The van der Waals surface area contributed by atoms with Gasteiger partial charge in [-0.15, -0.1) is 0 Å². The summed E-state index contributed by atoms with van der Waals surface area (Å²) < 4.78 is 0. The summed E-state index contributed by atoms with van der Waals surface area (Å²) in [5.74, 6) is 0. The predicted molar refractivity (Wildman–Crippen MR) is 88.9 cm³/mol. The van der Waals surface area contributed by atoms with E-state index in [4.69, 9.17) is 5.73 Å². The summed E-state index contributed by atoms with van der Waals surface area (Å²) in [6.07, 6.45) is 1.88. The van der Waals surface area contributed by atoms with Crippen LogP contribution in [-0.4, -0.2) is 12.0 Å². The van der Waals surface area contributed by atoms with Crippen LogP contribution in [0.2, 0.25) is 0 Å². The standard InChI is InChI=1S/C18H19N3/c1-13-7-3-6-10-17(13)21(2)18-14(11-19)12-20-16-9-5-4-8-15(16)18/h3-10,12H,11,19H2,1-2H3. The van der Waals surface area contributed by atoms with Crippen LogP contribution in [-0.2, 0) is 6.54 Å². The molecule has 1 heterocycles. The van der Waals surface area contributed by atoms with Crippen molar-refractivity contribution in [3.05, 3.63) is 65.9 Å². The molecule has 0 aliphatic carbocycles. The normalized spacial score (nSPS) is 10.8. The van der Waals surface area contributed by atoms with Gasteiger partial charge in [0, 0.05) is 36.4 Å². The van der Waals surface area contributed by atoms with E-state index in [-0.39, 0.29) is 0 Å². The fourth-order valence-corrected chi connectivity index (χ4v) is 2.77. The highest BCUT2D eigenvalue weighted by molar-refractivity contribution is 5.95. The Labute approximate surface area is 125 Å². The van der Waals surface area contributed by atoms with Crippen LogP contribution >= 0.6 is 0 Å². The smallest absolute Gasteiger partial charge is 0.0723 e. The molecule has 2 aromatic carbocycles. The number of pyridine rings is 1. The number of nitrogens with two attached hydrogens (primary N) is 1. The first-order chi connectivity index (χ1) is 10.2. The number of nitrogens with zero attached hydrogens (tertiary/aromatic N) is 2. The van der Waals surface area contributed by atoms with E-state index in [1.165, 1.54) is 11.3 Å². The van der Waals surface area contributed by atoms with Crippen molar-refractivity contribution in [2.45, 2.75) is 13.5 Å². The summed E-state index contributed by atoms with van der Waals surface area (Å²) in [7, 11) is 2.09. The van der Waals surface area contributed by atoms with Gasteiger partial charge >= 0.3 is 0 Å². The van der Waals surface area contributed by atoms with Crippen molar-refractivity contribution in [1.29, 1.82) is 0 Å². The van der Waals surface area contributed by atoms with Crippen molar-refractivity contribution in [2.75, 3.05) is 11.9 Å². The molecule has 0 amide bonds. The molecule has 0 radical (unpaired) electrons. The van der Waals surface area contributed by atoms with Gasteiger partial charge in [-0.2, -0.15) is 0 Å². The van der Waals surface area contributed by atoms with Crippen molar-refractivity contribution in [3.63, 3.8) is 0 Å². The Morgan fingerprint density at radius 2 is 1.76 bits per heavy atom. The molecule has 0 saturated heterocycles. The molecule has 106 valence electrons. The molecule has 0 spiro atoms. The summed E-state index contributed by atoms with van der Waals surface area (Å²) >= 11 is 0. The van der Waals surface area contributed by atoms with Crippen LogP contribution in [0.15, 0.2) is 54.7 Å². The number of hydrogen-bond donors (Lipinski definition) is 1. The van der Waals surface area contributed by atoms with Crippen LogP contribution in [0.5, 0.6) is 0 Å². The van der Waals surface area contributed by atoms with Crippen LogP contribution in [0.3, 0.4) is 0 Å². The maximum atomic E-state index is 5.93. The molecule has 3 heteroatoms. The van der Waals surface area contributed by atoms with Gasteiger partial charge in [-0.25, -0.2) is 0 Å². The minimum atomic E-state index is 0.476. The van der Waals surface area contributed by atoms with Crippen LogP contribution < -0.4 is 10.6 Å². The number of fused-ring (bicyclic) bond motifs is 1. The lowest BCUT2D eigenvalue weighted by atomic mass is 10.1. The number of benzene rings is 2. The van der Waals surface area contributed by atoms with Gasteiger partial charge in [-0.05, 0) is 24.6 Å². The van der Waals surface area contributed by atoms with E-state index >= 15 is 0 Å². The molecule has 0 fully saturated rings. The van der Waals surface area contributed by atoms with Crippen molar-refractivity contribution in [2.24, 2.45) is 5.73 Å². The average molecular weight is 277 g/mol. The second kappa shape index (κ2) is 5.54. The quantitative estimate of drug-likeness (QED) is 0.792. The molecule has 0 aliphatic rings. The Kier molecular flexibility index (Phi) is 3.59. The molecule has 0 bridgehead atoms. The third-order valence-electron chi connectivity index (χ3n) is 3.85. The largest absolute Gasteiger partial charge is 0.344 e. The predicted octanol–water partition coefficient (Wildman–Crippen LogP) is 3.77. The fourth-order valence-electron chi connectivity index (χ4n) is 2.77. The van der Waals surface area contributed by atoms with E-state index in [0.717, 1.165) is 22.2 Å². The van der Waals surface area contributed by atoms with E-state index in [1.807, 2.05) is 24.4 Å². The Hall–Kier alpha value is -2.39. The highest BCUT2D eigenvalue weighted by atomic mass is 15.1. The number of aromatic nitrogens is 1. The first kappa shape index (κ1) is 13.6. The molecule has 21 heavy (non-hydrogen) atoms. The Bertz CT molecular complexity index is 780. The first-order valence-corrected chi connectivity index (χ1v) is 7.08. The van der Waals surface area contributed by atoms with E-state index in [0.29, 0.717) is 6.54 Å². The Morgan fingerprint density at radius 3 is 2.52 bits per heavy atom. The average Bonchev–Trinajstić information content (AvgIpc) is 2.53. The van der Waals surface area contributed by atoms with Gasteiger partial charge in [0.25, 0.3) is 0 Å². The number of rotatable bonds is 3. The van der Waals surface area contributed by atoms with Crippen molar-refractivity contribution in [3.8, 4) is 0 Å². The van der Waals surface area contributed by atoms with Gasteiger partial charge in [0.05, 0.1) is 11.2 Å². The lowest BCUT2D eigenvalue weighted by Crippen LogP contribution is -2.15. The van der Waals surface area contributed by atoms with Gasteiger partial charge in [0.15, 0.2) is 0 Å². The van der Waals surface area contributed by atoms with Crippen LogP contribution in [0.4, 0.5) is 11.4 Å². The van der Waals surface area contributed by atoms with Gasteiger partial charge < -0.3 is 10.6 Å². The molecule has 1 aromatic heterocycles. The van der Waals surface area contributed by atoms with Crippen LogP contribution in [0.1, 0.15) is 11.1 Å². The molecular formula is C18H19N3. The van der Waals surface area contributed by atoms with Crippen molar-refractivity contribution < 1.29 is 0 Å². The molecule has 2 N–H and O–H groups in total. The first-order valence-electron chi connectivity index (χ1n) is 7.08. The van der Waals surface area contributed by atoms with Crippen LogP contribution in [0.25, 0.3) is 10.9 Å². The molecule has 0 saturated carbocycles. The molecule has 0 unspecified atom stereocenters. The summed E-state index contributed by atoms with van der Waals surface area (Å²) in [5.41, 5.74) is 11.5. The number of para-hydroxylation sites is 2. The zero-order valence-corrected chi connectivity index (χ0v) is 12.4. The number of aryl methyl sites for hydroxylation is 1. The molecule has 0 aliphatic heterocycles. The maximum absolute atomic E-state index is 5.93. The van der Waals surface area contributed by atoms with Gasteiger partial charge in [0.2, 0.25) is 0 Å². The van der Waals surface area contributed by atoms with Crippen LogP contribution in [0, 0.1) is 6.92 Å². The topological polar surface area (TPSA) is 42.1 Å². The van der Waals surface area contributed by atoms with E-state index in [2.05, 4.69) is 54.2 Å². The lowest BCUT2D eigenvalue weighted by molar-refractivity contribution is 1.03. The van der Waals surface area contributed by atoms with Crippen molar-refractivity contribution >= 4 is 22.3 Å².